The lowest BCUT2D eigenvalue weighted by atomic mass is 10.2. The fourth-order valence-corrected chi connectivity index (χ4v) is 3.52. The lowest BCUT2D eigenvalue weighted by Crippen LogP contribution is -2.29. The van der Waals surface area contributed by atoms with Crippen molar-refractivity contribution in [3.8, 4) is 11.8 Å². The van der Waals surface area contributed by atoms with Crippen LogP contribution in [0, 0.1) is 11.3 Å². The first-order valence-corrected chi connectivity index (χ1v) is 9.37. The van der Waals surface area contributed by atoms with Crippen molar-refractivity contribution in [1.82, 2.24) is 10.0 Å². The van der Waals surface area contributed by atoms with Gasteiger partial charge in [0, 0.05) is 12.6 Å². The first kappa shape index (κ1) is 19.7. The van der Waals surface area contributed by atoms with Gasteiger partial charge in [0.05, 0.1) is 25.2 Å². The molecule has 140 valence electrons. The van der Waals surface area contributed by atoms with Gasteiger partial charge in [-0.3, -0.25) is 4.79 Å². The van der Waals surface area contributed by atoms with Crippen molar-refractivity contribution in [1.29, 1.82) is 5.26 Å². The summed E-state index contributed by atoms with van der Waals surface area (Å²) in [6.07, 6.45) is 1.68. The van der Waals surface area contributed by atoms with E-state index in [-0.39, 0.29) is 35.2 Å². The van der Waals surface area contributed by atoms with E-state index in [1.165, 1.54) is 19.2 Å². The molecular weight excluding hydrogens is 362 g/mol. The highest BCUT2D eigenvalue weighted by molar-refractivity contribution is 7.89. The van der Waals surface area contributed by atoms with Crippen molar-refractivity contribution in [2.24, 2.45) is 0 Å². The van der Waals surface area contributed by atoms with Gasteiger partial charge in [-0.2, -0.15) is 5.26 Å². The fourth-order valence-electron chi connectivity index (χ4n) is 2.02. The van der Waals surface area contributed by atoms with E-state index >= 15 is 0 Å². The summed E-state index contributed by atoms with van der Waals surface area (Å²) in [7, 11) is -2.51. The molecule has 0 saturated heterocycles. The Morgan fingerprint density at radius 2 is 2.08 bits per heavy atom. The number of hydrogen-bond acceptors (Lipinski definition) is 7. The zero-order valence-corrected chi connectivity index (χ0v) is 15.0. The van der Waals surface area contributed by atoms with Crippen LogP contribution in [0.25, 0.3) is 0 Å². The summed E-state index contributed by atoms with van der Waals surface area (Å²) >= 11 is 0. The van der Waals surface area contributed by atoms with E-state index in [1.807, 2.05) is 6.07 Å². The van der Waals surface area contributed by atoms with Crippen LogP contribution >= 0.6 is 0 Å². The highest BCUT2D eigenvalue weighted by Gasteiger charge is 2.30. The number of nitriles is 1. The molecule has 0 radical (unpaired) electrons. The van der Waals surface area contributed by atoms with Gasteiger partial charge < -0.3 is 14.8 Å². The van der Waals surface area contributed by atoms with Crippen LogP contribution in [0.1, 0.15) is 29.6 Å². The number of nitrogens with one attached hydrogen (secondary N) is 2. The topological polar surface area (TPSA) is 135 Å². The molecule has 1 aromatic carbocycles. The maximum absolute atomic E-state index is 12.4. The second-order valence-electron chi connectivity index (χ2n) is 5.60. The van der Waals surface area contributed by atoms with Gasteiger partial charge in [0.15, 0.2) is 6.61 Å². The molecule has 0 aromatic heterocycles. The van der Waals surface area contributed by atoms with Crippen LogP contribution in [0.3, 0.4) is 0 Å². The van der Waals surface area contributed by atoms with Crippen molar-refractivity contribution in [2.45, 2.75) is 30.2 Å². The molecule has 10 heteroatoms. The van der Waals surface area contributed by atoms with Crippen molar-refractivity contribution in [2.75, 3.05) is 20.3 Å². The minimum absolute atomic E-state index is 0.0215. The number of methoxy groups -OCH3 is 1. The number of carbonyl (C=O) groups excluding carboxylic acids is 2. The van der Waals surface area contributed by atoms with Crippen molar-refractivity contribution < 1.29 is 27.5 Å². The molecule has 2 rings (SSSR count). The van der Waals surface area contributed by atoms with Crippen LogP contribution in [0.4, 0.5) is 0 Å². The minimum Gasteiger partial charge on any atom is -0.495 e. The number of amides is 1. The number of ether oxygens (including phenoxy) is 2. The van der Waals surface area contributed by atoms with E-state index in [4.69, 9.17) is 14.7 Å². The summed E-state index contributed by atoms with van der Waals surface area (Å²) in [5.74, 6) is -1.29. The third kappa shape index (κ3) is 5.44. The zero-order valence-electron chi connectivity index (χ0n) is 14.1. The molecule has 1 aromatic rings. The van der Waals surface area contributed by atoms with Gasteiger partial charge in [0.2, 0.25) is 10.0 Å². The standard InChI is InChI=1S/C16H19N3O6S/c1-24-13-6-3-11(9-14(13)26(22,23)19-12-4-5-12)16(21)25-10-15(20)18-8-2-7-17/h3,6,9,12,19H,2,4-5,8,10H2,1H3,(H,18,20). The predicted octanol–water partition coefficient (Wildman–Crippen LogP) is 0.323. The summed E-state index contributed by atoms with van der Waals surface area (Å²) in [4.78, 5) is 23.4. The Kier molecular flexibility index (Phi) is 6.54. The third-order valence-electron chi connectivity index (χ3n) is 3.48. The molecule has 0 aliphatic heterocycles. The SMILES string of the molecule is COc1ccc(C(=O)OCC(=O)NCCC#N)cc1S(=O)(=O)NC1CC1. The molecule has 0 heterocycles. The molecule has 2 N–H and O–H groups in total. The molecular formula is C16H19N3O6S. The van der Waals surface area contributed by atoms with Crippen molar-refractivity contribution in [3.05, 3.63) is 23.8 Å². The number of esters is 1. The Bertz CT molecular complexity index is 827. The lowest BCUT2D eigenvalue weighted by molar-refractivity contribution is -0.124. The van der Waals surface area contributed by atoms with Crippen LogP contribution in [0.2, 0.25) is 0 Å². The van der Waals surface area contributed by atoms with Crippen LogP contribution in [0.5, 0.6) is 5.75 Å². The van der Waals surface area contributed by atoms with Crippen molar-refractivity contribution in [3.63, 3.8) is 0 Å². The van der Waals surface area contributed by atoms with Gasteiger partial charge in [-0.25, -0.2) is 17.9 Å². The summed E-state index contributed by atoms with van der Waals surface area (Å²) in [5, 5.41) is 10.8. The molecule has 0 bridgehead atoms. The fraction of sp³-hybridized carbons (Fsp3) is 0.438. The molecule has 0 atom stereocenters. The normalized spacial score (nSPS) is 13.5. The Morgan fingerprint density at radius 1 is 1.35 bits per heavy atom. The van der Waals surface area contributed by atoms with Gasteiger partial charge in [-0.05, 0) is 31.0 Å². The molecule has 1 aliphatic rings. The van der Waals surface area contributed by atoms with Gasteiger partial charge in [-0.1, -0.05) is 0 Å². The third-order valence-corrected chi connectivity index (χ3v) is 5.02. The Morgan fingerprint density at radius 3 is 2.69 bits per heavy atom. The van der Waals surface area contributed by atoms with E-state index in [0.717, 1.165) is 18.9 Å². The van der Waals surface area contributed by atoms with Gasteiger partial charge in [0.1, 0.15) is 10.6 Å². The largest absolute Gasteiger partial charge is 0.495 e. The Hall–Kier alpha value is -2.64. The number of sulfonamides is 1. The molecule has 26 heavy (non-hydrogen) atoms. The Labute approximate surface area is 151 Å². The number of carbonyl (C=O) groups is 2. The summed E-state index contributed by atoms with van der Waals surface area (Å²) in [5.41, 5.74) is -0.0215. The molecule has 1 fully saturated rings. The van der Waals surface area contributed by atoms with E-state index in [9.17, 15) is 18.0 Å². The number of nitrogens with zero attached hydrogens (tertiary/aromatic N) is 1. The van der Waals surface area contributed by atoms with Crippen LogP contribution in [-0.4, -0.2) is 46.6 Å². The first-order chi connectivity index (χ1) is 12.4. The van der Waals surface area contributed by atoms with Gasteiger partial charge in [0.25, 0.3) is 5.91 Å². The smallest absolute Gasteiger partial charge is 0.338 e. The van der Waals surface area contributed by atoms with Gasteiger partial charge >= 0.3 is 5.97 Å². The average molecular weight is 381 g/mol. The van der Waals surface area contributed by atoms with E-state index < -0.39 is 28.5 Å². The average Bonchev–Trinajstić information content (AvgIpc) is 3.42. The Balaban J connectivity index is 2.07. The molecule has 0 unspecified atom stereocenters. The van der Waals surface area contributed by atoms with Gasteiger partial charge in [-0.15, -0.1) is 0 Å². The van der Waals surface area contributed by atoms with Crippen LogP contribution < -0.4 is 14.8 Å². The van der Waals surface area contributed by atoms with E-state index in [0.29, 0.717) is 0 Å². The monoisotopic (exact) mass is 381 g/mol. The lowest BCUT2D eigenvalue weighted by Gasteiger charge is -2.12. The van der Waals surface area contributed by atoms with E-state index in [1.54, 1.807) is 0 Å². The number of rotatable bonds is 9. The summed E-state index contributed by atoms with van der Waals surface area (Å²) < 4.78 is 37.3. The second-order valence-corrected chi connectivity index (χ2v) is 7.28. The summed E-state index contributed by atoms with van der Waals surface area (Å²) in [6.45, 7) is -0.372. The van der Waals surface area contributed by atoms with E-state index in [2.05, 4.69) is 10.0 Å². The second kappa shape index (κ2) is 8.64. The number of hydrogen-bond donors (Lipinski definition) is 2. The van der Waals surface area contributed by atoms with Crippen molar-refractivity contribution >= 4 is 21.9 Å². The minimum atomic E-state index is -3.83. The molecule has 1 aliphatic carbocycles. The quantitative estimate of drug-likeness (QED) is 0.465. The highest BCUT2D eigenvalue weighted by Crippen LogP contribution is 2.28. The molecule has 9 nitrogen and oxygen atoms in total. The molecule has 1 amide bonds. The number of benzene rings is 1. The maximum Gasteiger partial charge on any atom is 0.338 e. The maximum atomic E-state index is 12.4. The summed E-state index contributed by atoms with van der Waals surface area (Å²) in [6, 6.07) is 5.62. The zero-order chi connectivity index (χ0) is 19.2. The highest BCUT2D eigenvalue weighted by atomic mass is 32.2. The van der Waals surface area contributed by atoms with Crippen LogP contribution in [-0.2, 0) is 19.6 Å². The first-order valence-electron chi connectivity index (χ1n) is 7.88. The predicted molar refractivity (Wildman–Crippen MR) is 89.9 cm³/mol. The molecule has 1 saturated carbocycles. The molecule has 0 spiro atoms. The van der Waals surface area contributed by atoms with Crippen LogP contribution in [0.15, 0.2) is 23.1 Å².